The van der Waals surface area contributed by atoms with Crippen LogP contribution in [0.1, 0.15) is 27.2 Å². The molecule has 0 spiro atoms. The number of hydrogen-bond donors (Lipinski definition) is 1. The van der Waals surface area contributed by atoms with Crippen LogP contribution in [0, 0.1) is 5.92 Å². The van der Waals surface area contributed by atoms with Crippen molar-refractivity contribution in [2.75, 3.05) is 19.1 Å². The lowest BCUT2D eigenvalue weighted by Gasteiger charge is -2.23. The van der Waals surface area contributed by atoms with E-state index < -0.39 is 0 Å². The fourth-order valence-corrected chi connectivity index (χ4v) is 1.95. The summed E-state index contributed by atoms with van der Waals surface area (Å²) >= 11 is 1.84. The van der Waals surface area contributed by atoms with Gasteiger partial charge in [0.1, 0.15) is 0 Å². The summed E-state index contributed by atoms with van der Waals surface area (Å²) in [7, 11) is 1.43. The Hall–Kier alpha value is -0.220. The molecule has 3 nitrogen and oxygen atoms in total. The van der Waals surface area contributed by atoms with Crippen LogP contribution in [-0.4, -0.2) is 37.2 Å². The van der Waals surface area contributed by atoms with Crippen molar-refractivity contribution in [3.8, 4) is 0 Å². The maximum Gasteiger partial charge on any atom is 0.309 e. The van der Waals surface area contributed by atoms with E-state index in [1.165, 1.54) is 7.11 Å². The number of thioether (sulfide) groups is 1. The average molecular weight is 233 g/mol. The molecular formula is C11H23NO2S. The molecule has 15 heavy (non-hydrogen) atoms. The molecule has 3 unspecified atom stereocenters. The Balaban J connectivity index is 3.89. The summed E-state index contributed by atoms with van der Waals surface area (Å²) < 4.78 is 4.71. The van der Waals surface area contributed by atoms with Crippen molar-refractivity contribution in [3.63, 3.8) is 0 Å². The second kappa shape index (κ2) is 7.99. The Morgan fingerprint density at radius 2 is 2.00 bits per heavy atom. The van der Waals surface area contributed by atoms with Crippen molar-refractivity contribution >= 4 is 17.7 Å². The van der Waals surface area contributed by atoms with Crippen molar-refractivity contribution in [1.82, 2.24) is 5.32 Å². The first-order valence-corrected chi connectivity index (χ1v) is 6.75. The third-order valence-electron chi connectivity index (χ3n) is 2.63. The van der Waals surface area contributed by atoms with Crippen LogP contribution in [0.3, 0.4) is 0 Å². The van der Waals surface area contributed by atoms with Crippen LogP contribution in [-0.2, 0) is 9.53 Å². The first-order chi connectivity index (χ1) is 7.02. The van der Waals surface area contributed by atoms with Gasteiger partial charge in [0.05, 0.1) is 13.0 Å². The monoisotopic (exact) mass is 233 g/mol. The molecule has 90 valence electrons. The highest BCUT2D eigenvalue weighted by Crippen LogP contribution is 2.07. The predicted octanol–water partition coefficient (Wildman–Crippen LogP) is 1.92. The zero-order valence-corrected chi connectivity index (χ0v) is 11.2. The Morgan fingerprint density at radius 1 is 1.40 bits per heavy atom. The SMILES string of the molecule is COC(=O)C(C)C(C)NC(C)CCSC. The molecule has 0 aromatic rings. The van der Waals surface area contributed by atoms with Crippen LogP contribution in [0.4, 0.5) is 0 Å². The van der Waals surface area contributed by atoms with Crippen molar-refractivity contribution in [2.24, 2.45) is 5.92 Å². The lowest BCUT2D eigenvalue weighted by molar-refractivity contribution is -0.145. The highest BCUT2D eigenvalue weighted by atomic mass is 32.2. The number of carbonyl (C=O) groups excluding carboxylic acids is 1. The van der Waals surface area contributed by atoms with E-state index in [1.807, 2.05) is 25.6 Å². The molecule has 3 atom stereocenters. The van der Waals surface area contributed by atoms with Crippen LogP contribution >= 0.6 is 11.8 Å². The van der Waals surface area contributed by atoms with E-state index in [-0.39, 0.29) is 17.9 Å². The number of hydrogen-bond acceptors (Lipinski definition) is 4. The summed E-state index contributed by atoms with van der Waals surface area (Å²) in [6.45, 7) is 6.07. The van der Waals surface area contributed by atoms with Crippen LogP contribution in [0.2, 0.25) is 0 Å². The lowest BCUT2D eigenvalue weighted by atomic mass is 10.0. The number of nitrogens with one attached hydrogen (secondary N) is 1. The van der Waals surface area contributed by atoms with Gasteiger partial charge in [0.2, 0.25) is 0 Å². The van der Waals surface area contributed by atoms with Gasteiger partial charge in [-0.25, -0.2) is 0 Å². The standard InChI is InChI=1S/C11H23NO2S/c1-8(6-7-15-5)12-10(3)9(2)11(13)14-4/h8-10,12H,6-7H2,1-5H3. The molecule has 0 aliphatic heterocycles. The quantitative estimate of drug-likeness (QED) is 0.682. The zero-order valence-electron chi connectivity index (χ0n) is 10.4. The smallest absolute Gasteiger partial charge is 0.309 e. The number of carbonyl (C=O) groups is 1. The molecule has 0 rings (SSSR count). The number of ether oxygens (including phenoxy) is 1. The van der Waals surface area contributed by atoms with Crippen LogP contribution in [0.5, 0.6) is 0 Å². The highest BCUT2D eigenvalue weighted by molar-refractivity contribution is 7.98. The molecule has 0 aliphatic rings. The number of esters is 1. The third kappa shape index (κ3) is 6.05. The molecular weight excluding hydrogens is 210 g/mol. The molecule has 0 fully saturated rings. The molecule has 0 saturated carbocycles. The van der Waals surface area contributed by atoms with Gasteiger partial charge < -0.3 is 10.1 Å². The summed E-state index contributed by atoms with van der Waals surface area (Å²) in [4.78, 5) is 11.3. The van der Waals surface area contributed by atoms with Crippen LogP contribution < -0.4 is 5.32 Å². The molecule has 0 saturated heterocycles. The lowest BCUT2D eigenvalue weighted by Crippen LogP contribution is -2.41. The van der Waals surface area contributed by atoms with Gasteiger partial charge in [-0.2, -0.15) is 11.8 Å². The number of rotatable bonds is 7. The molecule has 4 heteroatoms. The van der Waals surface area contributed by atoms with Gasteiger partial charge in [0.25, 0.3) is 0 Å². The normalized spacial score (nSPS) is 16.9. The Kier molecular flexibility index (Phi) is 7.88. The van der Waals surface area contributed by atoms with Gasteiger partial charge in [-0.3, -0.25) is 4.79 Å². The fourth-order valence-electron chi connectivity index (χ4n) is 1.36. The van der Waals surface area contributed by atoms with Crippen molar-refractivity contribution in [1.29, 1.82) is 0 Å². The van der Waals surface area contributed by atoms with Gasteiger partial charge in [-0.15, -0.1) is 0 Å². The fraction of sp³-hybridized carbons (Fsp3) is 0.909. The molecule has 0 aromatic heterocycles. The predicted molar refractivity (Wildman–Crippen MR) is 66.2 cm³/mol. The Morgan fingerprint density at radius 3 is 2.47 bits per heavy atom. The van der Waals surface area contributed by atoms with E-state index in [2.05, 4.69) is 18.5 Å². The van der Waals surface area contributed by atoms with E-state index in [9.17, 15) is 4.79 Å². The van der Waals surface area contributed by atoms with E-state index >= 15 is 0 Å². The van der Waals surface area contributed by atoms with E-state index in [0.717, 1.165) is 12.2 Å². The summed E-state index contributed by atoms with van der Waals surface area (Å²) in [5, 5.41) is 3.42. The average Bonchev–Trinajstić information content (AvgIpc) is 2.23. The topological polar surface area (TPSA) is 38.3 Å². The summed E-state index contributed by atoms with van der Waals surface area (Å²) in [6.07, 6.45) is 3.23. The van der Waals surface area contributed by atoms with Gasteiger partial charge in [0, 0.05) is 12.1 Å². The van der Waals surface area contributed by atoms with E-state index in [0.29, 0.717) is 6.04 Å². The van der Waals surface area contributed by atoms with Crippen molar-refractivity contribution < 1.29 is 9.53 Å². The molecule has 0 bridgehead atoms. The number of methoxy groups -OCH3 is 1. The minimum Gasteiger partial charge on any atom is -0.469 e. The van der Waals surface area contributed by atoms with Gasteiger partial charge in [-0.05, 0) is 32.3 Å². The Bertz CT molecular complexity index is 187. The summed E-state index contributed by atoms with van der Waals surface area (Å²) in [5.41, 5.74) is 0. The maximum atomic E-state index is 11.3. The molecule has 0 amide bonds. The molecule has 0 aromatic carbocycles. The summed E-state index contributed by atoms with van der Waals surface area (Å²) in [6, 6.07) is 0.605. The highest BCUT2D eigenvalue weighted by Gasteiger charge is 2.21. The minimum atomic E-state index is -0.146. The molecule has 0 radical (unpaired) electrons. The first kappa shape index (κ1) is 14.8. The van der Waals surface area contributed by atoms with Crippen molar-refractivity contribution in [3.05, 3.63) is 0 Å². The van der Waals surface area contributed by atoms with Crippen LogP contribution in [0.15, 0.2) is 0 Å². The second-order valence-electron chi connectivity index (χ2n) is 3.95. The molecule has 0 aliphatic carbocycles. The molecule has 0 heterocycles. The van der Waals surface area contributed by atoms with Gasteiger partial charge in [-0.1, -0.05) is 6.92 Å². The second-order valence-corrected chi connectivity index (χ2v) is 4.94. The zero-order chi connectivity index (χ0) is 11.8. The Labute approximate surface area is 97.3 Å². The minimum absolute atomic E-state index is 0.0910. The molecule has 1 N–H and O–H groups in total. The van der Waals surface area contributed by atoms with E-state index in [1.54, 1.807) is 0 Å². The van der Waals surface area contributed by atoms with Crippen LogP contribution in [0.25, 0.3) is 0 Å². The van der Waals surface area contributed by atoms with E-state index in [4.69, 9.17) is 4.74 Å². The largest absolute Gasteiger partial charge is 0.469 e. The third-order valence-corrected chi connectivity index (χ3v) is 3.27. The first-order valence-electron chi connectivity index (χ1n) is 5.35. The van der Waals surface area contributed by atoms with Gasteiger partial charge >= 0.3 is 5.97 Å². The van der Waals surface area contributed by atoms with Crippen molar-refractivity contribution in [2.45, 2.75) is 39.3 Å². The van der Waals surface area contributed by atoms with Gasteiger partial charge in [0.15, 0.2) is 0 Å². The maximum absolute atomic E-state index is 11.3. The summed E-state index contributed by atoms with van der Waals surface area (Å²) in [5.74, 6) is 0.909.